The second kappa shape index (κ2) is 11.6. The van der Waals surface area contributed by atoms with Crippen LogP contribution in [0, 0.1) is 11.3 Å². The fourth-order valence-corrected chi connectivity index (χ4v) is 8.47. The molecule has 0 saturated heterocycles. The molecule has 6 aromatic carbocycles. The predicted octanol–water partition coefficient (Wildman–Crippen LogP) is 11.5. The van der Waals surface area contributed by atoms with Crippen molar-refractivity contribution in [1.29, 1.82) is 5.26 Å². The third-order valence-corrected chi connectivity index (χ3v) is 11.0. The molecule has 2 aliphatic carbocycles. The molecule has 8 aromatic rings. The summed E-state index contributed by atoms with van der Waals surface area (Å²) in [5.41, 5.74) is 12.8. The molecule has 2 heterocycles. The first kappa shape index (κ1) is 29.5. The van der Waals surface area contributed by atoms with Crippen molar-refractivity contribution in [2.75, 3.05) is 0 Å². The van der Waals surface area contributed by atoms with Gasteiger partial charge in [-0.15, -0.1) is 0 Å². The van der Waals surface area contributed by atoms with E-state index in [0.717, 1.165) is 62.6 Å². The Morgan fingerprint density at radius 2 is 1.08 bits per heavy atom. The molecule has 1 spiro atoms. The van der Waals surface area contributed by atoms with E-state index in [1.807, 2.05) is 60.7 Å². The van der Waals surface area contributed by atoms with Gasteiger partial charge in [-0.3, -0.25) is 0 Å². The number of hydrogen-bond acceptors (Lipinski definition) is 5. The zero-order valence-corrected chi connectivity index (χ0v) is 27.9. The van der Waals surface area contributed by atoms with Crippen LogP contribution in [0.25, 0.3) is 78.4 Å². The lowest BCUT2D eigenvalue weighted by molar-refractivity contribution is 0.353. The minimum Gasteiger partial charge on any atom is -0.456 e. The van der Waals surface area contributed by atoms with Crippen LogP contribution >= 0.6 is 0 Å². The van der Waals surface area contributed by atoms with Gasteiger partial charge in [-0.1, -0.05) is 116 Å². The summed E-state index contributed by atoms with van der Waals surface area (Å²) in [5, 5.41) is 11.9. The second-order valence-corrected chi connectivity index (χ2v) is 13.8. The van der Waals surface area contributed by atoms with Crippen LogP contribution in [0.15, 0.2) is 138 Å². The maximum Gasteiger partial charge on any atom is 0.164 e. The van der Waals surface area contributed by atoms with Crippen LogP contribution in [-0.2, 0) is 5.41 Å². The Balaban J connectivity index is 1.04. The maximum atomic E-state index is 9.71. The second-order valence-electron chi connectivity index (χ2n) is 13.8. The topological polar surface area (TPSA) is 75.6 Å². The van der Waals surface area contributed by atoms with Gasteiger partial charge in [0.25, 0.3) is 0 Å². The highest BCUT2D eigenvalue weighted by atomic mass is 16.3. The van der Waals surface area contributed by atoms with E-state index in [4.69, 9.17) is 19.4 Å². The molecule has 0 atom stereocenters. The first-order valence-corrected chi connectivity index (χ1v) is 17.7. The highest BCUT2D eigenvalue weighted by molar-refractivity contribution is 6.05. The van der Waals surface area contributed by atoms with Gasteiger partial charge in [0.15, 0.2) is 17.5 Å². The normalized spacial score (nSPS) is 14.4. The SMILES string of the molecule is N#Cc1ccc2c(c1)C1(CCCCC1)c1cc(-c3ccc(-c4nc(-c5ccccc5)nc(-c5ccc6c(c5)oc5ccccc56)n4)cc3)ccc1-2. The molecule has 0 aliphatic heterocycles. The zero-order valence-electron chi connectivity index (χ0n) is 27.9. The van der Waals surface area contributed by atoms with E-state index in [-0.39, 0.29) is 5.41 Å². The van der Waals surface area contributed by atoms with E-state index < -0.39 is 0 Å². The Bertz CT molecular complexity index is 2680. The van der Waals surface area contributed by atoms with Gasteiger partial charge < -0.3 is 4.42 Å². The Morgan fingerprint density at radius 3 is 1.84 bits per heavy atom. The Labute approximate surface area is 295 Å². The van der Waals surface area contributed by atoms with E-state index in [1.165, 1.54) is 47.1 Å². The van der Waals surface area contributed by atoms with Crippen molar-refractivity contribution in [2.24, 2.45) is 0 Å². The molecule has 10 rings (SSSR count). The maximum absolute atomic E-state index is 9.71. The highest BCUT2D eigenvalue weighted by Crippen LogP contribution is 2.56. The van der Waals surface area contributed by atoms with Crippen molar-refractivity contribution < 1.29 is 4.42 Å². The number of furan rings is 1. The van der Waals surface area contributed by atoms with Gasteiger partial charge in [0.05, 0.1) is 11.6 Å². The summed E-state index contributed by atoms with van der Waals surface area (Å²) < 4.78 is 6.21. The predicted molar refractivity (Wildman–Crippen MR) is 203 cm³/mol. The van der Waals surface area contributed by atoms with Crippen LogP contribution in [0.2, 0.25) is 0 Å². The molecule has 5 heteroatoms. The van der Waals surface area contributed by atoms with Crippen molar-refractivity contribution in [2.45, 2.75) is 37.5 Å². The van der Waals surface area contributed by atoms with Gasteiger partial charge in [0, 0.05) is 32.9 Å². The van der Waals surface area contributed by atoms with Crippen LogP contribution in [-0.4, -0.2) is 15.0 Å². The number of hydrogen-bond donors (Lipinski definition) is 0. The van der Waals surface area contributed by atoms with Gasteiger partial charge in [-0.25, -0.2) is 15.0 Å². The average Bonchev–Trinajstić information content (AvgIpc) is 3.70. The number of aromatic nitrogens is 3. The van der Waals surface area contributed by atoms with Crippen molar-refractivity contribution in [1.82, 2.24) is 15.0 Å². The first-order chi connectivity index (χ1) is 25.2. The van der Waals surface area contributed by atoms with Gasteiger partial charge in [-0.2, -0.15) is 5.26 Å². The summed E-state index contributed by atoms with van der Waals surface area (Å²) in [5.74, 6) is 1.84. The van der Waals surface area contributed by atoms with Crippen LogP contribution in [0.4, 0.5) is 0 Å². The Hall–Kier alpha value is -6.38. The monoisotopic (exact) mass is 656 g/mol. The van der Waals surface area contributed by atoms with Crippen molar-refractivity contribution >= 4 is 21.9 Å². The van der Waals surface area contributed by atoms with Crippen LogP contribution < -0.4 is 0 Å². The van der Waals surface area contributed by atoms with Crippen LogP contribution in [0.1, 0.15) is 48.8 Å². The van der Waals surface area contributed by atoms with E-state index in [2.05, 4.69) is 78.9 Å². The lowest BCUT2D eigenvalue weighted by atomic mass is 9.67. The zero-order chi connectivity index (χ0) is 33.9. The molecule has 5 nitrogen and oxygen atoms in total. The molecule has 0 amide bonds. The molecular formula is C46H32N4O. The quantitative estimate of drug-likeness (QED) is 0.188. The Kier molecular flexibility index (Phi) is 6.72. The largest absolute Gasteiger partial charge is 0.456 e. The van der Waals surface area contributed by atoms with Crippen molar-refractivity contribution in [3.05, 3.63) is 150 Å². The fourth-order valence-electron chi connectivity index (χ4n) is 8.47. The number of benzene rings is 6. The molecule has 1 saturated carbocycles. The summed E-state index contributed by atoms with van der Waals surface area (Å²) in [7, 11) is 0. The molecule has 1 fully saturated rings. The molecule has 0 N–H and O–H groups in total. The van der Waals surface area contributed by atoms with Crippen molar-refractivity contribution in [3.63, 3.8) is 0 Å². The van der Waals surface area contributed by atoms with E-state index in [1.54, 1.807) is 0 Å². The fraction of sp³-hybridized carbons (Fsp3) is 0.130. The summed E-state index contributed by atoms with van der Waals surface area (Å²) in [4.78, 5) is 14.9. The lowest BCUT2D eigenvalue weighted by Gasteiger charge is -2.36. The Morgan fingerprint density at radius 1 is 0.490 bits per heavy atom. The summed E-state index contributed by atoms with van der Waals surface area (Å²) in [6.07, 6.45) is 5.93. The van der Waals surface area contributed by atoms with Gasteiger partial charge in [-0.05, 0) is 82.6 Å². The molecule has 242 valence electrons. The standard InChI is InChI=1S/C46H32N4O/c47-28-29-13-20-35-36-21-18-33(26-40(36)46(39(35)25-29)23-7-2-8-24-46)30-14-16-32(17-15-30)44-48-43(31-9-3-1-4-10-31)49-45(50-44)34-19-22-38-37-11-5-6-12-41(37)51-42(38)27-34/h1,3-6,9-22,25-27H,2,7-8,23-24H2. The first-order valence-electron chi connectivity index (χ1n) is 17.7. The number of para-hydroxylation sites is 1. The molecule has 2 aromatic heterocycles. The van der Waals surface area contributed by atoms with Crippen LogP contribution in [0.5, 0.6) is 0 Å². The third kappa shape index (κ3) is 4.79. The number of nitrogens with zero attached hydrogens (tertiary/aromatic N) is 4. The molecular weight excluding hydrogens is 625 g/mol. The molecule has 0 radical (unpaired) electrons. The molecule has 0 bridgehead atoms. The van der Waals surface area contributed by atoms with Crippen molar-refractivity contribution in [3.8, 4) is 62.5 Å². The minimum atomic E-state index is -0.0216. The van der Waals surface area contributed by atoms with Gasteiger partial charge in [0.2, 0.25) is 0 Å². The van der Waals surface area contributed by atoms with Crippen LogP contribution in [0.3, 0.4) is 0 Å². The minimum absolute atomic E-state index is 0.0216. The summed E-state index contributed by atoms with van der Waals surface area (Å²) >= 11 is 0. The summed E-state index contributed by atoms with van der Waals surface area (Å²) in [6.45, 7) is 0. The lowest BCUT2D eigenvalue weighted by Crippen LogP contribution is -2.28. The summed E-state index contributed by atoms with van der Waals surface area (Å²) in [6, 6.07) is 48.5. The number of fused-ring (bicyclic) bond motifs is 8. The highest BCUT2D eigenvalue weighted by Gasteiger charge is 2.44. The van der Waals surface area contributed by atoms with Gasteiger partial charge >= 0.3 is 0 Å². The third-order valence-electron chi connectivity index (χ3n) is 11.0. The smallest absolute Gasteiger partial charge is 0.164 e. The molecule has 51 heavy (non-hydrogen) atoms. The average molecular weight is 657 g/mol. The molecule has 0 unspecified atom stereocenters. The van der Waals surface area contributed by atoms with E-state index in [0.29, 0.717) is 17.5 Å². The number of nitriles is 1. The molecule has 2 aliphatic rings. The van der Waals surface area contributed by atoms with Gasteiger partial charge in [0.1, 0.15) is 11.2 Å². The van der Waals surface area contributed by atoms with E-state index in [9.17, 15) is 5.26 Å². The van der Waals surface area contributed by atoms with E-state index >= 15 is 0 Å². The number of rotatable bonds is 4.